The molecule has 2 aromatic rings. The van der Waals surface area contributed by atoms with E-state index >= 15 is 0 Å². The maximum Gasteiger partial charge on any atom is 0.219 e. The van der Waals surface area contributed by atoms with Crippen LogP contribution in [0.4, 0.5) is 0 Å². The number of nitrogens with zero attached hydrogens (tertiary/aromatic N) is 1. The summed E-state index contributed by atoms with van der Waals surface area (Å²) in [5.74, 6) is 1.22. The summed E-state index contributed by atoms with van der Waals surface area (Å²) in [5.41, 5.74) is 1.42. The van der Waals surface area contributed by atoms with Crippen LogP contribution >= 0.6 is 0 Å². The third-order valence-electron chi connectivity index (χ3n) is 2.80. The lowest BCUT2D eigenvalue weighted by Gasteiger charge is -2.14. The second-order valence-corrected chi connectivity index (χ2v) is 4.01. The molecular weight excluding hydrogens is 242 g/mol. The van der Waals surface area contributed by atoms with Gasteiger partial charge in [-0.3, -0.25) is 0 Å². The van der Waals surface area contributed by atoms with Crippen molar-refractivity contribution in [3.05, 3.63) is 53.7 Å². The Kier molecular flexibility index (Phi) is 4.36. The van der Waals surface area contributed by atoms with Crippen LogP contribution in [0.5, 0.6) is 11.6 Å². The second kappa shape index (κ2) is 6.20. The molecule has 0 spiro atoms. The highest BCUT2D eigenvalue weighted by molar-refractivity contribution is 5.37. The molecule has 1 aromatic carbocycles. The molecule has 1 heterocycles. The third-order valence-corrected chi connectivity index (χ3v) is 2.80. The molecule has 100 valence electrons. The minimum atomic E-state index is -0.765. The first-order valence-corrected chi connectivity index (χ1v) is 6.16. The van der Waals surface area contributed by atoms with E-state index in [2.05, 4.69) is 4.98 Å². The zero-order valence-corrected chi connectivity index (χ0v) is 11.0. The summed E-state index contributed by atoms with van der Waals surface area (Å²) in [6.07, 6.45) is 0.868. The van der Waals surface area contributed by atoms with E-state index in [1.54, 1.807) is 18.3 Å². The van der Waals surface area contributed by atoms with Crippen molar-refractivity contribution in [1.29, 1.82) is 0 Å². The first-order valence-electron chi connectivity index (χ1n) is 6.16. The van der Waals surface area contributed by atoms with Crippen molar-refractivity contribution >= 4 is 0 Å². The normalized spacial score (nSPS) is 11.9. The summed E-state index contributed by atoms with van der Waals surface area (Å²) in [7, 11) is 1.54. The fraction of sp³-hybridized carbons (Fsp3) is 0.267. The Hall–Kier alpha value is -2.07. The molecule has 1 aromatic heterocycles. The molecule has 4 heteroatoms. The summed E-state index contributed by atoms with van der Waals surface area (Å²) >= 11 is 0. The molecule has 1 unspecified atom stereocenters. The number of methoxy groups -OCH3 is 1. The van der Waals surface area contributed by atoms with Gasteiger partial charge in [0.15, 0.2) is 0 Å². The number of hydrogen-bond donors (Lipinski definition) is 1. The molecule has 0 aliphatic carbocycles. The van der Waals surface area contributed by atoms with Gasteiger partial charge in [-0.25, -0.2) is 4.98 Å². The zero-order chi connectivity index (χ0) is 13.7. The van der Waals surface area contributed by atoms with E-state index in [9.17, 15) is 5.11 Å². The lowest BCUT2D eigenvalue weighted by Crippen LogP contribution is -2.03. The van der Waals surface area contributed by atoms with Crippen LogP contribution in [0, 0.1) is 0 Å². The summed E-state index contributed by atoms with van der Waals surface area (Å²) in [6.45, 7) is 2.56. The minimum Gasteiger partial charge on any atom is -0.494 e. The van der Waals surface area contributed by atoms with Crippen molar-refractivity contribution in [3.8, 4) is 11.6 Å². The molecule has 4 nitrogen and oxygen atoms in total. The Morgan fingerprint density at radius 3 is 2.58 bits per heavy atom. The quantitative estimate of drug-likeness (QED) is 0.896. The molecule has 2 rings (SSSR count). The number of benzene rings is 1. The minimum absolute atomic E-state index is 0.434. The van der Waals surface area contributed by atoms with Crippen molar-refractivity contribution in [2.45, 2.75) is 13.0 Å². The Labute approximate surface area is 112 Å². The van der Waals surface area contributed by atoms with Crippen LogP contribution in [0.15, 0.2) is 42.6 Å². The van der Waals surface area contributed by atoms with Gasteiger partial charge >= 0.3 is 0 Å². The smallest absolute Gasteiger partial charge is 0.219 e. The summed E-state index contributed by atoms with van der Waals surface area (Å²) < 4.78 is 10.5. The van der Waals surface area contributed by atoms with E-state index in [0.29, 0.717) is 18.1 Å². The van der Waals surface area contributed by atoms with Crippen molar-refractivity contribution in [1.82, 2.24) is 4.98 Å². The Bertz CT molecular complexity index is 525. The molecule has 0 saturated heterocycles. The monoisotopic (exact) mass is 259 g/mol. The largest absolute Gasteiger partial charge is 0.494 e. The van der Waals surface area contributed by atoms with Crippen LogP contribution < -0.4 is 9.47 Å². The maximum atomic E-state index is 10.4. The summed E-state index contributed by atoms with van der Waals surface area (Å²) in [4.78, 5) is 4.08. The number of ether oxygens (including phenoxy) is 2. The molecule has 19 heavy (non-hydrogen) atoms. The van der Waals surface area contributed by atoms with Crippen LogP contribution in [0.1, 0.15) is 24.2 Å². The van der Waals surface area contributed by atoms with E-state index in [1.165, 1.54) is 7.11 Å². The zero-order valence-electron chi connectivity index (χ0n) is 11.0. The van der Waals surface area contributed by atoms with E-state index in [4.69, 9.17) is 9.47 Å². The van der Waals surface area contributed by atoms with E-state index in [-0.39, 0.29) is 0 Å². The highest BCUT2D eigenvalue weighted by atomic mass is 16.5. The molecule has 1 N–H and O–H groups in total. The number of rotatable bonds is 5. The standard InChI is InChI=1S/C15H17NO3/c1-3-19-12-8-6-11(7-9-12)14(17)13-5-4-10-16-15(13)18-2/h4-10,14,17H,3H2,1-2H3. The second-order valence-electron chi connectivity index (χ2n) is 4.01. The van der Waals surface area contributed by atoms with Gasteiger partial charge in [0.1, 0.15) is 11.9 Å². The predicted octanol–water partition coefficient (Wildman–Crippen LogP) is 2.57. The van der Waals surface area contributed by atoms with Crippen LogP contribution in [0.2, 0.25) is 0 Å². The lowest BCUT2D eigenvalue weighted by atomic mass is 10.0. The van der Waals surface area contributed by atoms with Gasteiger partial charge in [-0.15, -0.1) is 0 Å². The van der Waals surface area contributed by atoms with E-state index < -0.39 is 6.10 Å². The first-order chi connectivity index (χ1) is 9.26. The van der Waals surface area contributed by atoms with Gasteiger partial charge in [0.2, 0.25) is 5.88 Å². The molecule has 0 aliphatic heterocycles. The van der Waals surface area contributed by atoms with Gasteiger partial charge in [0.05, 0.1) is 13.7 Å². The average Bonchev–Trinajstić information content (AvgIpc) is 2.47. The Morgan fingerprint density at radius 2 is 1.95 bits per heavy atom. The molecule has 1 atom stereocenters. The number of aliphatic hydroxyl groups is 1. The van der Waals surface area contributed by atoms with E-state index in [1.807, 2.05) is 31.2 Å². The fourth-order valence-electron chi connectivity index (χ4n) is 1.87. The van der Waals surface area contributed by atoms with Crippen molar-refractivity contribution < 1.29 is 14.6 Å². The number of aromatic nitrogens is 1. The molecule has 0 bridgehead atoms. The Morgan fingerprint density at radius 1 is 1.21 bits per heavy atom. The molecule has 0 amide bonds. The van der Waals surface area contributed by atoms with Gasteiger partial charge in [-0.2, -0.15) is 0 Å². The van der Waals surface area contributed by atoms with Gasteiger partial charge in [-0.1, -0.05) is 12.1 Å². The number of pyridine rings is 1. The van der Waals surface area contributed by atoms with Gasteiger partial charge in [-0.05, 0) is 36.8 Å². The van der Waals surface area contributed by atoms with E-state index in [0.717, 1.165) is 11.3 Å². The molecule has 0 fully saturated rings. The van der Waals surface area contributed by atoms with Crippen LogP contribution in [0.3, 0.4) is 0 Å². The first kappa shape index (κ1) is 13.4. The number of aliphatic hydroxyl groups excluding tert-OH is 1. The third kappa shape index (κ3) is 3.03. The molecule has 0 saturated carbocycles. The molecule has 0 aliphatic rings. The lowest BCUT2D eigenvalue weighted by molar-refractivity contribution is 0.213. The maximum absolute atomic E-state index is 10.4. The SMILES string of the molecule is CCOc1ccc(C(O)c2cccnc2OC)cc1. The number of hydrogen-bond acceptors (Lipinski definition) is 4. The van der Waals surface area contributed by atoms with Crippen molar-refractivity contribution in [3.63, 3.8) is 0 Å². The average molecular weight is 259 g/mol. The van der Waals surface area contributed by atoms with Crippen LogP contribution in [-0.2, 0) is 0 Å². The predicted molar refractivity (Wildman–Crippen MR) is 72.5 cm³/mol. The van der Waals surface area contributed by atoms with Crippen molar-refractivity contribution in [2.75, 3.05) is 13.7 Å². The molecular formula is C15H17NO3. The van der Waals surface area contributed by atoms with Crippen LogP contribution in [-0.4, -0.2) is 23.8 Å². The summed E-state index contributed by atoms with van der Waals surface area (Å²) in [5, 5.41) is 10.4. The molecule has 0 radical (unpaired) electrons. The highest BCUT2D eigenvalue weighted by Gasteiger charge is 2.15. The fourth-order valence-corrected chi connectivity index (χ4v) is 1.87. The van der Waals surface area contributed by atoms with Gasteiger partial charge in [0.25, 0.3) is 0 Å². The van der Waals surface area contributed by atoms with Crippen molar-refractivity contribution in [2.24, 2.45) is 0 Å². The van der Waals surface area contributed by atoms with Gasteiger partial charge < -0.3 is 14.6 Å². The highest BCUT2D eigenvalue weighted by Crippen LogP contribution is 2.28. The summed E-state index contributed by atoms with van der Waals surface area (Å²) in [6, 6.07) is 10.9. The Balaban J connectivity index is 2.25. The van der Waals surface area contributed by atoms with Gasteiger partial charge in [0, 0.05) is 11.8 Å². The van der Waals surface area contributed by atoms with Crippen LogP contribution in [0.25, 0.3) is 0 Å². The topological polar surface area (TPSA) is 51.6 Å².